The predicted molar refractivity (Wildman–Crippen MR) is 99.0 cm³/mol. The summed E-state index contributed by atoms with van der Waals surface area (Å²) in [6.07, 6.45) is 2.99. The number of methoxy groups -OCH3 is 1. The summed E-state index contributed by atoms with van der Waals surface area (Å²) in [6.45, 7) is 0.418. The minimum atomic E-state index is -0.563. The number of amides is 1. The maximum atomic E-state index is 12.6. The van der Waals surface area contributed by atoms with Gasteiger partial charge in [-0.15, -0.1) is 0 Å². The molecule has 1 aliphatic rings. The number of carbonyl (C=O) groups excluding carboxylic acids is 1. The van der Waals surface area contributed by atoms with Crippen LogP contribution in [0.4, 0.5) is 5.69 Å². The second kappa shape index (κ2) is 7.33. The van der Waals surface area contributed by atoms with E-state index in [1.54, 1.807) is 0 Å². The van der Waals surface area contributed by atoms with Crippen LogP contribution in [-0.4, -0.2) is 24.5 Å². The lowest BCUT2D eigenvalue weighted by Gasteiger charge is -2.42. The summed E-state index contributed by atoms with van der Waals surface area (Å²) in [5, 5.41) is 14.8. The molecule has 2 aromatic carbocycles. The van der Waals surface area contributed by atoms with Gasteiger partial charge < -0.3 is 10.1 Å². The number of halogens is 1. The molecule has 0 heterocycles. The molecule has 0 aromatic heterocycles. The number of nitro benzene ring substituents is 1. The molecule has 26 heavy (non-hydrogen) atoms. The number of rotatable bonds is 6. The lowest BCUT2D eigenvalue weighted by molar-refractivity contribution is -0.385. The maximum Gasteiger partial charge on any atom is 0.282 e. The molecule has 3 rings (SSSR count). The monoisotopic (exact) mass is 374 g/mol. The molecule has 7 heteroatoms. The molecule has 0 unspecified atom stereocenters. The van der Waals surface area contributed by atoms with Crippen LogP contribution in [-0.2, 0) is 5.41 Å². The van der Waals surface area contributed by atoms with Gasteiger partial charge in [-0.05, 0) is 42.7 Å². The fourth-order valence-electron chi connectivity index (χ4n) is 3.30. The van der Waals surface area contributed by atoms with Crippen LogP contribution in [0.5, 0.6) is 5.75 Å². The first-order valence-electron chi connectivity index (χ1n) is 8.32. The van der Waals surface area contributed by atoms with Gasteiger partial charge in [-0.25, -0.2) is 0 Å². The molecule has 0 spiro atoms. The van der Waals surface area contributed by atoms with Gasteiger partial charge in [0.2, 0.25) is 0 Å². The normalized spacial score (nSPS) is 15.0. The molecule has 136 valence electrons. The van der Waals surface area contributed by atoms with Gasteiger partial charge in [-0.2, -0.15) is 0 Å². The standard InChI is InChI=1S/C19H19ClN2O4/c1-26-15-7-8-17(22(24)25)16(11-15)18(23)21-12-19(9-2-10-19)13-3-5-14(20)6-4-13/h3-8,11H,2,9-10,12H2,1H3,(H,21,23). The topological polar surface area (TPSA) is 81.5 Å². The van der Waals surface area contributed by atoms with Crippen molar-refractivity contribution in [2.45, 2.75) is 24.7 Å². The summed E-state index contributed by atoms with van der Waals surface area (Å²) in [7, 11) is 1.45. The number of nitro groups is 1. The zero-order valence-electron chi connectivity index (χ0n) is 14.3. The number of nitrogens with one attached hydrogen (secondary N) is 1. The van der Waals surface area contributed by atoms with Gasteiger partial charge in [0.25, 0.3) is 11.6 Å². The second-order valence-corrected chi connectivity index (χ2v) is 6.90. The van der Waals surface area contributed by atoms with Crippen LogP contribution in [0.1, 0.15) is 35.2 Å². The highest BCUT2D eigenvalue weighted by Crippen LogP contribution is 2.43. The van der Waals surface area contributed by atoms with E-state index in [0.29, 0.717) is 17.3 Å². The lowest BCUT2D eigenvalue weighted by atomic mass is 9.64. The third-order valence-corrected chi connectivity index (χ3v) is 5.25. The third kappa shape index (κ3) is 3.51. The number of carbonyl (C=O) groups is 1. The van der Waals surface area contributed by atoms with Crippen molar-refractivity contribution in [3.05, 3.63) is 68.7 Å². The van der Waals surface area contributed by atoms with Crippen LogP contribution in [0.15, 0.2) is 42.5 Å². The molecule has 1 aliphatic carbocycles. The zero-order valence-corrected chi connectivity index (χ0v) is 15.1. The van der Waals surface area contributed by atoms with E-state index in [1.165, 1.54) is 25.3 Å². The van der Waals surface area contributed by atoms with E-state index in [-0.39, 0.29) is 16.7 Å². The number of hydrogen-bond acceptors (Lipinski definition) is 4. The van der Waals surface area contributed by atoms with E-state index in [4.69, 9.17) is 16.3 Å². The Morgan fingerprint density at radius 2 is 1.96 bits per heavy atom. The van der Waals surface area contributed by atoms with Crippen molar-refractivity contribution in [1.29, 1.82) is 0 Å². The van der Waals surface area contributed by atoms with Gasteiger partial charge in [-0.1, -0.05) is 30.2 Å². The second-order valence-electron chi connectivity index (χ2n) is 6.46. The number of hydrogen-bond donors (Lipinski definition) is 1. The first-order valence-corrected chi connectivity index (χ1v) is 8.70. The Bertz CT molecular complexity index is 832. The van der Waals surface area contributed by atoms with Gasteiger partial charge in [0.05, 0.1) is 12.0 Å². The molecule has 1 fully saturated rings. The molecule has 1 saturated carbocycles. The molecule has 0 bridgehead atoms. The Morgan fingerprint density at radius 1 is 1.27 bits per heavy atom. The fourth-order valence-corrected chi connectivity index (χ4v) is 3.43. The van der Waals surface area contributed by atoms with Crippen molar-refractivity contribution < 1.29 is 14.5 Å². The highest BCUT2D eigenvalue weighted by Gasteiger charge is 2.39. The zero-order chi connectivity index (χ0) is 18.7. The lowest BCUT2D eigenvalue weighted by Crippen LogP contribution is -2.45. The van der Waals surface area contributed by atoms with E-state index < -0.39 is 10.8 Å². The van der Waals surface area contributed by atoms with Crippen LogP contribution in [0.3, 0.4) is 0 Å². The third-order valence-electron chi connectivity index (χ3n) is 5.00. The van der Waals surface area contributed by atoms with Crippen molar-refractivity contribution in [3.63, 3.8) is 0 Å². The average Bonchev–Trinajstić information content (AvgIpc) is 2.61. The minimum absolute atomic E-state index is 0.0000652. The summed E-state index contributed by atoms with van der Waals surface area (Å²) in [5.41, 5.74) is 0.736. The van der Waals surface area contributed by atoms with E-state index in [1.807, 2.05) is 24.3 Å². The van der Waals surface area contributed by atoms with Gasteiger partial charge >= 0.3 is 0 Å². The smallest absolute Gasteiger partial charge is 0.282 e. The molecule has 0 saturated heterocycles. The SMILES string of the molecule is COc1ccc([N+](=O)[O-])c(C(=O)NCC2(c3ccc(Cl)cc3)CCC2)c1. The van der Waals surface area contributed by atoms with Gasteiger partial charge in [0.15, 0.2) is 0 Å². The largest absolute Gasteiger partial charge is 0.497 e. The highest BCUT2D eigenvalue weighted by molar-refractivity contribution is 6.30. The molecule has 2 aromatic rings. The summed E-state index contributed by atoms with van der Waals surface area (Å²) in [5.74, 6) is -0.0763. The Morgan fingerprint density at radius 3 is 2.50 bits per heavy atom. The summed E-state index contributed by atoms with van der Waals surface area (Å²) in [6, 6.07) is 11.8. The Balaban J connectivity index is 1.80. The van der Waals surface area contributed by atoms with Crippen LogP contribution in [0, 0.1) is 10.1 Å². The highest BCUT2D eigenvalue weighted by atomic mass is 35.5. The van der Waals surface area contributed by atoms with E-state index in [9.17, 15) is 14.9 Å². The van der Waals surface area contributed by atoms with E-state index in [2.05, 4.69) is 5.32 Å². The van der Waals surface area contributed by atoms with Crippen LogP contribution in [0.25, 0.3) is 0 Å². The average molecular weight is 375 g/mol. The predicted octanol–water partition coefficient (Wildman–Crippen LogP) is 4.11. The molecule has 0 atom stereocenters. The van der Waals surface area contributed by atoms with Crippen LogP contribution >= 0.6 is 11.6 Å². The Labute approximate surface area is 156 Å². The Kier molecular flexibility index (Phi) is 5.13. The minimum Gasteiger partial charge on any atom is -0.497 e. The van der Waals surface area contributed by atoms with Crippen molar-refractivity contribution in [3.8, 4) is 5.75 Å². The summed E-state index contributed by atoms with van der Waals surface area (Å²) < 4.78 is 5.08. The van der Waals surface area contributed by atoms with Crippen molar-refractivity contribution >= 4 is 23.2 Å². The first-order chi connectivity index (χ1) is 12.4. The summed E-state index contributed by atoms with van der Waals surface area (Å²) in [4.78, 5) is 23.3. The van der Waals surface area contributed by atoms with Gasteiger partial charge in [-0.3, -0.25) is 14.9 Å². The molecule has 6 nitrogen and oxygen atoms in total. The van der Waals surface area contributed by atoms with Crippen molar-refractivity contribution in [2.75, 3.05) is 13.7 Å². The molecule has 0 radical (unpaired) electrons. The number of nitrogens with zero attached hydrogens (tertiary/aromatic N) is 1. The van der Waals surface area contributed by atoms with Crippen LogP contribution in [0.2, 0.25) is 5.02 Å². The molecule has 1 amide bonds. The molecule has 1 N–H and O–H groups in total. The quantitative estimate of drug-likeness (QED) is 0.609. The van der Waals surface area contributed by atoms with Crippen molar-refractivity contribution in [2.24, 2.45) is 0 Å². The molecular formula is C19H19ClN2O4. The molecular weight excluding hydrogens is 356 g/mol. The van der Waals surface area contributed by atoms with Gasteiger partial charge in [0, 0.05) is 23.0 Å². The Hall–Kier alpha value is -2.60. The fraction of sp³-hybridized carbons (Fsp3) is 0.316. The maximum absolute atomic E-state index is 12.6. The van der Waals surface area contributed by atoms with E-state index in [0.717, 1.165) is 24.8 Å². The first kappa shape index (κ1) is 18.2. The summed E-state index contributed by atoms with van der Waals surface area (Å²) >= 11 is 5.96. The van der Waals surface area contributed by atoms with Crippen molar-refractivity contribution in [1.82, 2.24) is 5.32 Å². The number of ether oxygens (including phenoxy) is 1. The van der Waals surface area contributed by atoms with E-state index >= 15 is 0 Å². The van der Waals surface area contributed by atoms with Crippen LogP contribution < -0.4 is 10.1 Å². The van der Waals surface area contributed by atoms with Gasteiger partial charge in [0.1, 0.15) is 11.3 Å². The number of benzene rings is 2. The molecule has 0 aliphatic heterocycles.